The number of fused-ring (bicyclic) bond motifs is 2. The first-order valence-corrected chi connectivity index (χ1v) is 11.2. The van der Waals surface area contributed by atoms with Crippen LogP contribution in [0.4, 0.5) is 10.1 Å². The van der Waals surface area contributed by atoms with Gasteiger partial charge >= 0.3 is 0 Å². The van der Waals surface area contributed by atoms with Crippen LogP contribution in [0.1, 0.15) is 40.9 Å². The summed E-state index contributed by atoms with van der Waals surface area (Å²) >= 11 is 1.23. The molecule has 5 rings (SSSR count). The topological polar surface area (TPSA) is 55.6 Å². The summed E-state index contributed by atoms with van der Waals surface area (Å²) in [5, 5.41) is 5.80. The van der Waals surface area contributed by atoms with Crippen molar-refractivity contribution < 1.29 is 13.9 Å². The van der Waals surface area contributed by atoms with Crippen LogP contribution in [0.25, 0.3) is 6.08 Å². The summed E-state index contributed by atoms with van der Waals surface area (Å²) in [5.74, 6) is 0.193. The summed E-state index contributed by atoms with van der Waals surface area (Å²) < 4.78 is 19.9. The van der Waals surface area contributed by atoms with Gasteiger partial charge in [-0.2, -0.15) is 0 Å². The molecule has 0 aromatic heterocycles. The maximum atomic E-state index is 13.2. The molecule has 0 fully saturated rings. The molecular formula is C26H23FN2O2S. The quantitative estimate of drug-likeness (QED) is 0.422. The largest absolute Gasteiger partial charge is 0.463 e. The van der Waals surface area contributed by atoms with Gasteiger partial charge in [-0.3, -0.25) is 9.93 Å². The molecule has 4 nitrogen and oxygen atoms in total. The Morgan fingerprint density at radius 2 is 1.75 bits per heavy atom. The summed E-state index contributed by atoms with van der Waals surface area (Å²) in [7, 11) is 2.03. The van der Waals surface area contributed by atoms with Gasteiger partial charge in [0.15, 0.2) is 5.78 Å². The number of ether oxygens (including phenoxy) is 1. The fraction of sp³-hybridized carbons (Fsp3) is 0.192. The van der Waals surface area contributed by atoms with Crippen molar-refractivity contribution in [1.29, 1.82) is 0 Å². The van der Waals surface area contributed by atoms with Crippen LogP contribution in [0.15, 0.2) is 71.6 Å². The third-order valence-corrected chi connectivity index (χ3v) is 7.19. The van der Waals surface area contributed by atoms with Gasteiger partial charge in [0.25, 0.3) is 0 Å². The molecule has 0 aliphatic carbocycles. The van der Waals surface area contributed by atoms with E-state index in [1.807, 2.05) is 31.3 Å². The maximum absolute atomic E-state index is 13.2. The van der Waals surface area contributed by atoms with E-state index < -0.39 is 5.72 Å². The number of nitrogens with two attached hydrogens (primary N) is 1. The van der Waals surface area contributed by atoms with Gasteiger partial charge in [-0.05, 0) is 104 Å². The van der Waals surface area contributed by atoms with Crippen molar-refractivity contribution in [1.82, 2.24) is 0 Å². The fourth-order valence-electron chi connectivity index (χ4n) is 4.77. The van der Waals surface area contributed by atoms with Crippen LogP contribution in [0.2, 0.25) is 0 Å². The number of anilines is 1. The van der Waals surface area contributed by atoms with Crippen molar-refractivity contribution in [3.8, 4) is 5.75 Å². The number of benzene rings is 3. The van der Waals surface area contributed by atoms with Crippen LogP contribution < -0.4 is 14.8 Å². The lowest BCUT2D eigenvalue weighted by atomic mass is 9.76. The van der Waals surface area contributed by atoms with Crippen molar-refractivity contribution in [3.05, 3.63) is 94.8 Å². The number of halogens is 1. The van der Waals surface area contributed by atoms with Crippen LogP contribution >= 0.6 is 11.9 Å². The van der Waals surface area contributed by atoms with E-state index in [1.54, 1.807) is 6.07 Å². The average Bonchev–Trinajstić information content (AvgIpc) is 2.96. The van der Waals surface area contributed by atoms with Gasteiger partial charge < -0.3 is 9.64 Å². The number of rotatable bonds is 3. The van der Waals surface area contributed by atoms with E-state index in [1.165, 1.54) is 41.8 Å². The first-order chi connectivity index (χ1) is 15.3. The van der Waals surface area contributed by atoms with Gasteiger partial charge in [-0.1, -0.05) is 0 Å². The van der Waals surface area contributed by atoms with Gasteiger partial charge in [-0.15, -0.1) is 0 Å². The summed E-state index contributed by atoms with van der Waals surface area (Å²) in [4.78, 5) is 16.0. The Morgan fingerprint density at radius 3 is 2.47 bits per heavy atom. The van der Waals surface area contributed by atoms with Gasteiger partial charge in [-0.25, -0.2) is 4.39 Å². The molecule has 0 bridgehead atoms. The Bertz CT molecular complexity index is 1270. The highest BCUT2D eigenvalue weighted by Gasteiger charge is 2.57. The molecule has 3 aromatic carbocycles. The standard InChI is InChI=1S/C26H23FN2O2S/c1-25(2)21-15-20(32-28)9-10-22(21)29(3)26(25)13-12-17-14-18(6-11-23(17)31-26)24(30)16-4-7-19(27)8-5-16/h4-15H,28H2,1-3H3. The summed E-state index contributed by atoms with van der Waals surface area (Å²) in [6, 6.07) is 17.2. The van der Waals surface area contributed by atoms with E-state index >= 15 is 0 Å². The number of hydrogen-bond acceptors (Lipinski definition) is 5. The molecule has 2 aliphatic heterocycles. The second kappa shape index (κ2) is 7.22. The Morgan fingerprint density at radius 1 is 1.03 bits per heavy atom. The van der Waals surface area contributed by atoms with E-state index in [2.05, 4.69) is 37.0 Å². The number of carbonyl (C=O) groups is 1. The van der Waals surface area contributed by atoms with Crippen molar-refractivity contribution in [3.63, 3.8) is 0 Å². The molecule has 2 aliphatic rings. The Hall–Kier alpha value is -3.09. The van der Waals surface area contributed by atoms with Gasteiger partial charge in [0, 0.05) is 34.3 Å². The monoisotopic (exact) mass is 446 g/mol. The molecule has 0 amide bonds. The molecular weight excluding hydrogens is 423 g/mol. The first-order valence-electron chi connectivity index (χ1n) is 10.3. The van der Waals surface area contributed by atoms with Crippen LogP contribution in [0.3, 0.4) is 0 Å². The maximum Gasteiger partial charge on any atom is 0.211 e. The smallest absolute Gasteiger partial charge is 0.211 e. The van der Waals surface area contributed by atoms with E-state index in [9.17, 15) is 9.18 Å². The highest BCUT2D eigenvalue weighted by Crippen LogP contribution is 2.54. The third kappa shape index (κ3) is 2.90. The molecule has 1 spiro atoms. The van der Waals surface area contributed by atoms with Gasteiger partial charge in [0.05, 0.1) is 5.41 Å². The molecule has 1 unspecified atom stereocenters. The van der Waals surface area contributed by atoms with Crippen LogP contribution in [0, 0.1) is 5.82 Å². The minimum atomic E-state index is -0.706. The number of ketones is 1. The third-order valence-electron chi connectivity index (χ3n) is 6.67. The summed E-state index contributed by atoms with van der Waals surface area (Å²) in [6.45, 7) is 4.34. The Labute approximate surface area is 191 Å². The second-order valence-electron chi connectivity index (χ2n) is 8.70. The van der Waals surface area contributed by atoms with Crippen molar-refractivity contribution in [2.45, 2.75) is 29.9 Å². The molecule has 1 atom stereocenters. The molecule has 3 aromatic rings. The number of hydrogen-bond donors (Lipinski definition) is 1. The zero-order valence-corrected chi connectivity index (χ0v) is 18.9. The second-order valence-corrected chi connectivity index (χ2v) is 9.41. The predicted octanol–water partition coefficient (Wildman–Crippen LogP) is 5.55. The van der Waals surface area contributed by atoms with E-state index in [-0.39, 0.29) is 17.0 Å². The van der Waals surface area contributed by atoms with Crippen molar-refractivity contribution in [2.75, 3.05) is 11.9 Å². The number of likely N-dealkylation sites (N-methyl/N-ethyl adjacent to an activating group) is 1. The fourth-order valence-corrected chi connectivity index (χ4v) is 5.11. The highest BCUT2D eigenvalue weighted by atomic mass is 32.2. The average molecular weight is 447 g/mol. The minimum Gasteiger partial charge on any atom is -0.463 e. The highest BCUT2D eigenvalue weighted by molar-refractivity contribution is 7.97. The lowest BCUT2D eigenvalue weighted by molar-refractivity contribution is 0.0581. The van der Waals surface area contributed by atoms with E-state index in [0.717, 1.165) is 16.1 Å². The van der Waals surface area contributed by atoms with E-state index in [0.29, 0.717) is 16.9 Å². The zero-order chi connectivity index (χ0) is 22.7. The molecule has 0 saturated carbocycles. The summed E-state index contributed by atoms with van der Waals surface area (Å²) in [5.41, 5.74) is 3.04. The Balaban J connectivity index is 1.51. The molecule has 32 heavy (non-hydrogen) atoms. The predicted molar refractivity (Wildman–Crippen MR) is 127 cm³/mol. The van der Waals surface area contributed by atoms with Crippen molar-refractivity contribution >= 4 is 29.5 Å². The Kier molecular flexibility index (Phi) is 4.69. The normalized spacial score (nSPS) is 20.1. The first kappa shape index (κ1) is 20.8. The van der Waals surface area contributed by atoms with Crippen molar-refractivity contribution in [2.24, 2.45) is 5.14 Å². The molecule has 2 heterocycles. The molecule has 0 radical (unpaired) electrons. The molecule has 2 N–H and O–H groups in total. The van der Waals surface area contributed by atoms with Gasteiger partial charge in [0.1, 0.15) is 11.6 Å². The molecule has 6 heteroatoms. The van der Waals surface area contributed by atoms with Gasteiger partial charge in [0.2, 0.25) is 5.72 Å². The van der Waals surface area contributed by atoms with Crippen LogP contribution in [0.5, 0.6) is 5.75 Å². The zero-order valence-electron chi connectivity index (χ0n) is 18.1. The van der Waals surface area contributed by atoms with E-state index in [4.69, 9.17) is 9.88 Å². The lowest BCUT2D eigenvalue weighted by Gasteiger charge is -2.45. The van der Waals surface area contributed by atoms with Crippen LogP contribution in [-0.2, 0) is 5.41 Å². The molecule has 162 valence electrons. The lowest BCUT2D eigenvalue weighted by Crippen LogP contribution is -2.58. The number of nitrogens with zero attached hydrogens (tertiary/aromatic N) is 1. The van der Waals surface area contributed by atoms with Crippen LogP contribution in [-0.4, -0.2) is 18.6 Å². The minimum absolute atomic E-state index is 0.154. The molecule has 0 saturated heterocycles. The SMILES string of the molecule is CN1c2ccc(SN)cc2C(C)(C)C12C=Cc1cc(C(=O)c3ccc(F)cc3)ccc1O2. The summed E-state index contributed by atoms with van der Waals surface area (Å²) in [6.07, 6.45) is 4.08. The number of carbonyl (C=O) groups excluding carboxylic acids is 1.